The zero-order valence-corrected chi connectivity index (χ0v) is 9.67. The molecule has 78 valence electrons. The molecular weight excluding hydrogens is 260 g/mol. The molecule has 2 aromatic rings. The van der Waals surface area contributed by atoms with E-state index in [4.69, 9.17) is 4.74 Å². The van der Waals surface area contributed by atoms with Crippen LogP contribution < -0.4 is 0 Å². The Balaban J connectivity index is 2.68. The van der Waals surface area contributed by atoms with E-state index in [1.807, 2.05) is 6.07 Å². The third-order valence-electron chi connectivity index (χ3n) is 2.14. The van der Waals surface area contributed by atoms with Crippen LogP contribution >= 0.6 is 15.9 Å². The number of carbonyl (C=O) groups is 1. The van der Waals surface area contributed by atoms with Crippen LogP contribution in [0, 0.1) is 0 Å². The van der Waals surface area contributed by atoms with Gasteiger partial charge in [0.2, 0.25) is 0 Å². The highest BCUT2D eigenvalue weighted by Crippen LogP contribution is 2.20. The van der Waals surface area contributed by atoms with Gasteiger partial charge in [-0.05, 0) is 17.7 Å². The Morgan fingerprint density at radius 3 is 3.07 bits per heavy atom. The van der Waals surface area contributed by atoms with Crippen LogP contribution in [0.15, 0.2) is 18.5 Å². The van der Waals surface area contributed by atoms with Gasteiger partial charge >= 0.3 is 5.97 Å². The minimum atomic E-state index is -0.366. The monoisotopic (exact) mass is 268 g/mol. The zero-order valence-electron chi connectivity index (χ0n) is 8.08. The number of carbonyl (C=O) groups excluding carboxylic acids is 1. The van der Waals surface area contributed by atoms with E-state index >= 15 is 0 Å². The molecule has 0 spiro atoms. The van der Waals surface area contributed by atoms with E-state index in [1.165, 1.54) is 7.11 Å². The minimum absolute atomic E-state index is 0.366. The summed E-state index contributed by atoms with van der Waals surface area (Å²) in [6, 6.07) is 3.73. The number of aromatic nitrogens is 2. The third kappa shape index (κ3) is 1.74. The fourth-order valence-corrected chi connectivity index (χ4v) is 1.78. The largest absolute Gasteiger partial charge is 0.465 e. The minimum Gasteiger partial charge on any atom is -0.465 e. The van der Waals surface area contributed by atoms with Crippen molar-refractivity contribution < 1.29 is 9.53 Å². The molecule has 0 fully saturated rings. The summed E-state index contributed by atoms with van der Waals surface area (Å²) in [5.74, 6) is -0.366. The summed E-state index contributed by atoms with van der Waals surface area (Å²) in [5, 5.41) is 0.686. The van der Waals surface area contributed by atoms with Crippen LogP contribution in [-0.4, -0.2) is 23.0 Å². The number of benzene rings is 1. The van der Waals surface area contributed by atoms with E-state index in [9.17, 15) is 4.79 Å². The molecule has 1 N–H and O–H groups in total. The fraction of sp³-hybridized carbons (Fsp3) is 0.200. The molecule has 4 nitrogen and oxygen atoms in total. The van der Waals surface area contributed by atoms with Crippen molar-refractivity contribution in [2.24, 2.45) is 0 Å². The van der Waals surface area contributed by atoms with Gasteiger partial charge in [0.1, 0.15) is 5.52 Å². The molecule has 0 unspecified atom stereocenters. The topological polar surface area (TPSA) is 55.0 Å². The Morgan fingerprint density at radius 1 is 1.60 bits per heavy atom. The number of nitrogens with one attached hydrogen (secondary N) is 1. The van der Waals surface area contributed by atoms with Crippen molar-refractivity contribution in [2.75, 3.05) is 7.11 Å². The number of hydrogen-bond acceptors (Lipinski definition) is 3. The summed E-state index contributed by atoms with van der Waals surface area (Å²) in [6.07, 6.45) is 1.56. The number of halogens is 1. The lowest BCUT2D eigenvalue weighted by molar-refractivity contribution is 0.0602. The van der Waals surface area contributed by atoms with E-state index in [0.29, 0.717) is 16.4 Å². The second-order valence-corrected chi connectivity index (χ2v) is 3.63. The van der Waals surface area contributed by atoms with Gasteiger partial charge in [0.25, 0.3) is 0 Å². The van der Waals surface area contributed by atoms with Crippen molar-refractivity contribution in [1.29, 1.82) is 0 Å². The van der Waals surface area contributed by atoms with Crippen LogP contribution in [0.4, 0.5) is 0 Å². The molecule has 1 heterocycles. The first-order chi connectivity index (χ1) is 7.26. The van der Waals surface area contributed by atoms with Gasteiger partial charge in [0.05, 0.1) is 24.5 Å². The predicted molar refractivity (Wildman–Crippen MR) is 60.1 cm³/mol. The van der Waals surface area contributed by atoms with Gasteiger partial charge < -0.3 is 9.72 Å². The van der Waals surface area contributed by atoms with Gasteiger partial charge in [-0.3, -0.25) is 0 Å². The van der Waals surface area contributed by atoms with Gasteiger partial charge in [0.15, 0.2) is 0 Å². The molecule has 15 heavy (non-hydrogen) atoms. The van der Waals surface area contributed by atoms with Crippen LogP contribution in [0.3, 0.4) is 0 Å². The highest BCUT2D eigenvalue weighted by Gasteiger charge is 2.13. The first kappa shape index (κ1) is 10.2. The Labute approximate surface area is 94.8 Å². The second-order valence-electron chi connectivity index (χ2n) is 3.07. The van der Waals surface area contributed by atoms with Crippen molar-refractivity contribution in [3.05, 3.63) is 29.6 Å². The van der Waals surface area contributed by atoms with Gasteiger partial charge in [-0.1, -0.05) is 15.9 Å². The lowest BCUT2D eigenvalue weighted by Gasteiger charge is -2.02. The molecule has 0 amide bonds. The number of aromatic amines is 1. The quantitative estimate of drug-likeness (QED) is 0.672. The van der Waals surface area contributed by atoms with Crippen LogP contribution in [-0.2, 0) is 10.1 Å². The highest BCUT2D eigenvalue weighted by atomic mass is 79.9. The molecule has 2 rings (SSSR count). The van der Waals surface area contributed by atoms with Crippen molar-refractivity contribution in [3.63, 3.8) is 0 Å². The number of ether oxygens (including phenoxy) is 1. The van der Waals surface area contributed by atoms with Crippen LogP contribution in [0.2, 0.25) is 0 Å². The Hall–Kier alpha value is -1.36. The SMILES string of the molecule is COC(=O)c1cc(CBr)cc2[nH]cnc12. The number of hydrogen-bond donors (Lipinski definition) is 1. The summed E-state index contributed by atoms with van der Waals surface area (Å²) in [7, 11) is 1.36. The molecule has 0 saturated carbocycles. The predicted octanol–water partition coefficient (Wildman–Crippen LogP) is 2.24. The maximum absolute atomic E-state index is 11.5. The first-order valence-electron chi connectivity index (χ1n) is 4.36. The van der Waals surface area contributed by atoms with Crippen molar-refractivity contribution in [1.82, 2.24) is 9.97 Å². The van der Waals surface area contributed by atoms with Gasteiger partial charge in [0, 0.05) is 5.33 Å². The van der Waals surface area contributed by atoms with Crippen molar-refractivity contribution in [3.8, 4) is 0 Å². The van der Waals surface area contributed by atoms with E-state index in [-0.39, 0.29) is 5.97 Å². The molecule has 0 bridgehead atoms. The summed E-state index contributed by atoms with van der Waals surface area (Å²) in [6.45, 7) is 0. The molecule has 0 saturated heterocycles. The van der Waals surface area contributed by atoms with Crippen LogP contribution in [0.5, 0.6) is 0 Å². The maximum Gasteiger partial charge on any atom is 0.340 e. The summed E-state index contributed by atoms with van der Waals surface area (Å²) in [5.41, 5.74) is 2.98. The third-order valence-corrected chi connectivity index (χ3v) is 2.79. The molecule has 0 radical (unpaired) electrons. The van der Waals surface area contributed by atoms with Gasteiger partial charge in [-0.2, -0.15) is 0 Å². The Morgan fingerprint density at radius 2 is 2.40 bits per heavy atom. The average molecular weight is 269 g/mol. The normalized spacial score (nSPS) is 10.5. The highest BCUT2D eigenvalue weighted by molar-refractivity contribution is 9.08. The molecule has 5 heteroatoms. The van der Waals surface area contributed by atoms with Gasteiger partial charge in [-0.15, -0.1) is 0 Å². The van der Waals surface area contributed by atoms with Crippen LogP contribution in [0.25, 0.3) is 11.0 Å². The molecule has 0 atom stereocenters. The second kappa shape index (κ2) is 4.02. The first-order valence-corrected chi connectivity index (χ1v) is 5.48. The zero-order chi connectivity index (χ0) is 10.8. The van der Waals surface area contributed by atoms with E-state index in [0.717, 1.165) is 11.1 Å². The van der Waals surface area contributed by atoms with Crippen molar-refractivity contribution in [2.45, 2.75) is 5.33 Å². The number of fused-ring (bicyclic) bond motifs is 1. The summed E-state index contributed by atoms with van der Waals surface area (Å²) >= 11 is 3.35. The Kier molecular flexibility index (Phi) is 2.73. The standard InChI is InChI=1S/C10H9BrN2O2/c1-15-10(14)7-2-6(4-11)3-8-9(7)13-5-12-8/h2-3,5H,4H2,1H3,(H,12,13). The smallest absolute Gasteiger partial charge is 0.340 e. The average Bonchev–Trinajstić information content (AvgIpc) is 2.74. The number of nitrogens with zero attached hydrogens (tertiary/aromatic N) is 1. The summed E-state index contributed by atoms with van der Waals surface area (Å²) in [4.78, 5) is 18.6. The summed E-state index contributed by atoms with van der Waals surface area (Å²) < 4.78 is 4.71. The molecule has 0 aliphatic carbocycles. The molecule has 1 aromatic heterocycles. The number of esters is 1. The molecule has 0 aliphatic heterocycles. The number of rotatable bonds is 2. The van der Waals surface area contributed by atoms with Crippen LogP contribution in [0.1, 0.15) is 15.9 Å². The molecule has 0 aliphatic rings. The van der Waals surface area contributed by atoms with Gasteiger partial charge in [-0.25, -0.2) is 9.78 Å². The van der Waals surface area contributed by atoms with Crippen molar-refractivity contribution >= 4 is 32.9 Å². The number of alkyl halides is 1. The lowest BCUT2D eigenvalue weighted by Crippen LogP contribution is -2.03. The Bertz CT molecular complexity index is 507. The van der Waals surface area contributed by atoms with E-state index < -0.39 is 0 Å². The lowest BCUT2D eigenvalue weighted by atomic mass is 10.1. The number of imidazole rings is 1. The molecule has 1 aromatic carbocycles. The maximum atomic E-state index is 11.5. The van der Waals surface area contributed by atoms with E-state index in [1.54, 1.807) is 12.4 Å². The molecular formula is C10H9BrN2O2. The fourth-order valence-electron chi connectivity index (χ4n) is 1.45. The number of methoxy groups -OCH3 is 1. The number of H-pyrrole nitrogens is 1. The van der Waals surface area contributed by atoms with E-state index in [2.05, 4.69) is 25.9 Å².